The Morgan fingerprint density at radius 1 is 1.25 bits per heavy atom. The Morgan fingerprint density at radius 3 is 2.38 bits per heavy atom. The normalized spacial score (nSPS) is 12.2. The zero-order valence-electron chi connectivity index (χ0n) is 7.91. The van der Waals surface area contributed by atoms with Crippen LogP contribution in [0, 0.1) is 0 Å². The second-order valence-corrected chi connectivity index (χ2v) is 4.40. The predicted molar refractivity (Wildman–Crippen MR) is 62.7 cm³/mol. The Hall–Kier alpha value is -0.770. The van der Waals surface area contributed by atoms with E-state index in [0.29, 0.717) is 10.6 Å². The monoisotopic (exact) mass is 280 g/mol. The molecule has 1 N–H and O–H groups in total. The quantitative estimate of drug-likeness (QED) is 0.681. The van der Waals surface area contributed by atoms with Crippen molar-refractivity contribution in [3.63, 3.8) is 0 Å². The van der Waals surface area contributed by atoms with Crippen LogP contribution in [0.3, 0.4) is 0 Å². The summed E-state index contributed by atoms with van der Waals surface area (Å²) in [6.45, 7) is 0. The van der Waals surface area contributed by atoms with E-state index in [1.54, 1.807) is 0 Å². The number of carbonyl (C=O) groups is 2. The van der Waals surface area contributed by atoms with Crippen molar-refractivity contribution >= 4 is 46.6 Å². The SMILES string of the molecule is O=C(CC(Cl)C(=O)O)c1ccc(Cl)c(Cl)c1. The van der Waals surface area contributed by atoms with Gasteiger partial charge in [0, 0.05) is 12.0 Å². The second-order valence-electron chi connectivity index (χ2n) is 3.06. The lowest BCUT2D eigenvalue weighted by molar-refractivity contribution is -0.136. The number of carboxylic acid groups (broad SMARTS) is 1. The van der Waals surface area contributed by atoms with Crippen molar-refractivity contribution in [3.8, 4) is 0 Å². The van der Waals surface area contributed by atoms with Gasteiger partial charge in [-0.25, -0.2) is 0 Å². The Labute approximate surface area is 107 Å². The number of carboxylic acids is 1. The van der Waals surface area contributed by atoms with Crippen molar-refractivity contribution in [1.29, 1.82) is 0 Å². The third-order valence-electron chi connectivity index (χ3n) is 1.87. The first kappa shape index (κ1) is 13.3. The van der Waals surface area contributed by atoms with Gasteiger partial charge in [0.15, 0.2) is 5.78 Å². The number of alkyl halides is 1. The largest absolute Gasteiger partial charge is 0.480 e. The summed E-state index contributed by atoms with van der Waals surface area (Å²) in [5.74, 6) is -1.61. The summed E-state index contributed by atoms with van der Waals surface area (Å²) in [5, 5.41) is 7.89. The highest BCUT2D eigenvalue weighted by atomic mass is 35.5. The lowest BCUT2D eigenvalue weighted by Crippen LogP contribution is -2.17. The van der Waals surface area contributed by atoms with Crippen LogP contribution in [0.25, 0.3) is 0 Å². The lowest BCUT2D eigenvalue weighted by Gasteiger charge is -2.04. The molecule has 16 heavy (non-hydrogen) atoms. The Morgan fingerprint density at radius 2 is 1.88 bits per heavy atom. The molecule has 1 aromatic rings. The van der Waals surface area contributed by atoms with Gasteiger partial charge in [-0.3, -0.25) is 9.59 Å². The number of halogens is 3. The van der Waals surface area contributed by atoms with E-state index in [-0.39, 0.29) is 17.2 Å². The molecule has 0 aromatic heterocycles. The van der Waals surface area contributed by atoms with Crippen LogP contribution >= 0.6 is 34.8 Å². The molecule has 0 aliphatic carbocycles. The minimum Gasteiger partial charge on any atom is -0.480 e. The zero-order chi connectivity index (χ0) is 12.3. The molecule has 0 saturated heterocycles. The van der Waals surface area contributed by atoms with E-state index in [1.165, 1.54) is 18.2 Å². The van der Waals surface area contributed by atoms with E-state index in [0.717, 1.165) is 0 Å². The minimum atomic E-state index is -1.23. The van der Waals surface area contributed by atoms with Gasteiger partial charge in [-0.15, -0.1) is 11.6 Å². The molecule has 0 heterocycles. The van der Waals surface area contributed by atoms with E-state index in [2.05, 4.69) is 0 Å². The predicted octanol–water partition coefficient (Wildman–Crippen LogP) is 3.26. The minimum absolute atomic E-state index is 0.244. The molecule has 6 heteroatoms. The first-order valence-corrected chi connectivity index (χ1v) is 5.46. The molecular formula is C10H7Cl3O3. The van der Waals surface area contributed by atoms with Gasteiger partial charge in [0.05, 0.1) is 10.0 Å². The molecule has 86 valence electrons. The number of ketones is 1. The highest BCUT2D eigenvalue weighted by Crippen LogP contribution is 2.23. The standard InChI is InChI=1S/C10H7Cl3O3/c11-6-2-1-5(3-7(6)12)9(14)4-8(13)10(15)16/h1-3,8H,4H2,(H,15,16). The summed E-state index contributed by atoms with van der Waals surface area (Å²) in [7, 11) is 0. The van der Waals surface area contributed by atoms with Crippen molar-refractivity contribution in [2.24, 2.45) is 0 Å². The number of aliphatic carboxylic acids is 1. The number of Topliss-reactive ketones (excluding diaryl/α,β-unsaturated/α-hetero) is 1. The summed E-state index contributed by atoms with van der Waals surface area (Å²) in [6.07, 6.45) is -0.283. The maximum Gasteiger partial charge on any atom is 0.322 e. The maximum absolute atomic E-state index is 11.6. The fourth-order valence-corrected chi connectivity index (χ4v) is 1.48. The molecule has 1 aromatic carbocycles. The fraction of sp³-hybridized carbons (Fsp3) is 0.200. The third kappa shape index (κ3) is 3.37. The Bertz CT molecular complexity index is 431. The molecule has 0 fully saturated rings. The summed E-state index contributed by atoms with van der Waals surface area (Å²) < 4.78 is 0. The van der Waals surface area contributed by atoms with Crippen LogP contribution in [-0.2, 0) is 4.79 Å². The smallest absolute Gasteiger partial charge is 0.322 e. The number of hydrogen-bond donors (Lipinski definition) is 1. The van der Waals surface area contributed by atoms with E-state index in [1.807, 2.05) is 0 Å². The zero-order valence-corrected chi connectivity index (χ0v) is 10.2. The molecule has 0 radical (unpaired) electrons. The van der Waals surface area contributed by atoms with E-state index in [9.17, 15) is 9.59 Å². The summed E-state index contributed by atoms with van der Waals surface area (Å²) in [4.78, 5) is 22.0. The van der Waals surface area contributed by atoms with Crippen molar-refractivity contribution in [2.75, 3.05) is 0 Å². The average Bonchev–Trinajstić information content (AvgIpc) is 2.21. The van der Waals surface area contributed by atoms with E-state index < -0.39 is 11.3 Å². The maximum atomic E-state index is 11.6. The van der Waals surface area contributed by atoms with Crippen molar-refractivity contribution in [1.82, 2.24) is 0 Å². The van der Waals surface area contributed by atoms with Gasteiger partial charge in [-0.05, 0) is 18.2 Å². The first-order chi connectivity index (χ1) is 7.41. The number of carbonyl (C=O) groups excluding carboxylic acids is 1. The summed E-state index contributed by atoms with van der Waals surface area (Å²) >= 11 is 16.9. The molecule has 0 aliphatic rings. The topological polar surface area (TPSA) is 54.4 Å². The molecule has 0 aliphatic heterocycles. The molecule has 0 amide bonds. The van der Waals surface area contributed by atoms with Gasteiger partial charge in [-0.1, -0.05) is 23.2 Å². The molecule has 1 rings (SSSR count). The van der Waals surface area contributed by atoms with Gasteiger partial charge in [0.25, 0.3) is 0 Å². The Kier molecular flexibility index (Phi) is 4.59. The van der Waals surface area contributed by atoms with Gasteiger partial charge in [0.1, 0.15) is 5.38 Å². The van der Waals surface area contributed by atoms with Gasteiger partial charge < -0.3 is 5.11 Å². The van der Waals surface area contributed by atoms with Gasteiger partial charge in [0.2, 0.25) is 0 Å². The molecule has 0 spiro atoms. The number of rotatable bonds is 4. The van der Waals surface area contributed by atoms with Crippen LogP contribution < -0.4 is 0 Å². The van der Waals surface area contributed by atoms with E-state index >= 15 is 0 Å². The molecule has 0 saturated carbocycles. The van der Waals surface area contributed by atoms with Crippen LogP contribution in [0.1, 0.15) is 16.8 Å². The lowest BCUT2D eigenvalue weighted by atomic mass is 10.1. The number of benzene rings is 1. The third-order valence-corrected chi connectivity index (χ3v) is 2.95. The number of hydrogen-bond acceptors (Lipinski definition) is 2. The molecule has 1 atom stereocenters. The van der Waals surface area contributed by atoms with Crippen molar-refractivity contribution in [2.45, 2.75) is 11.8 Å². The van der Waals surface area contributed by atoms with Gasteiger partial charge >= 0.3 is 5.97 Å². The first-order valence-electron chi connectivity index (χ1n) is 4.27. The average molecular weight is 282 g/mol. The van der Waals surface area contributed by atoms with E-state index in [4.69, 9.17) is 39.9 Å². The highest BCUT2D eigenvalue weighted by Gasteiger charge is 2.19. The Balaban J connectivity index is 2.81. The van der Waals surface area contributed by atoms with Crippen LogP contribution in [0.15, 0.2) is 18.2 Å². The second kappa shape index (κ2) is 5.53. The molecule has 3 nitrogen and oxygen atoms in total. The van der Waals surface area contributed by atoms with Crippen molar-refractivity contribution < 1.29 is 14.7 Å². The fourth-order valence-electron chi connectivity index (χ4n) is 1.04. The van der Waals surface area contributed by atoms with Crippen LogP contribution in [0.4, 0.5) is 0 Å². The summed E-state index contributed by atoms with van der Waals surface area (Å²) in [5.41, 5.74) is 0.293. The van der Waals surface area contributed by atoms with Crippen LogP contribution in [0.5, 0.6) is 0 Å². The molecule has 1 unspecified atom stereocenters. The van der Waals surface area contributed by atoms with Crippen LogP contribution in [0.2, 0.25) is 10.0 Å². The van der Waals surface area contributed by atoms with Crippen molar-refractivity contribution in [3.05, 3.63) is 33.8 Å². The van der Waals surface area contributed by atoms with Crippen LogP contribution in [-0.4, -0.2) is 22.2 Å². The van der Waals surface area contributed by atoms with Gasteiger partial charge in [-0.2, -0.15) is 0 Å². The molecule has 0 bridgehead atoms. The molecular weight excluding hydrogens is 274 g/mol. The summed E-state index contributed by atoms with van der Waals surface area (Å²) in [6, 6.07) is 4.33. The highest BCUT2D eigenvalue weighted by molar-refractivity contribution is 6.42.